The van der Waals surface area contributed by atoms with Gasteiger partial charge in [-0.25, -0.2) is 0 Å². The van der Waals surface area contributed by atoms with Gasteiger partial charge in [-0.05, 0) is 18.1 Å². The van der Waals surface area contributed by atoms with Gasteiger partial charge in [0.05, 0.1) is 0 Å². The third-order valence-electron chi connectivity index (χ3n) is 1.82. The van der Waals surface area contributed by atoms with Crippen LogP contribution in [0.15, 0.2) is 24.3 Å². The molecule has 0 atom stereocenters. The van der Waals surface area contributed by atoms with Crippen LogP contribution in [0.25, 0.3) is 0 Å². The molecule has 0 heterocycles. The molecule has 0 bridgehead atoms. The van der Waals surface area contributed by atoms with Crippen molar-refractivity contribution in [2.24, 2.45) is 0 Å². The van der Waals surface area contributed by atoms with E-state index in [1.807, 2.05) is 0 Å². The van der Waals surface area contributed by atoms with E-state index < -0.39 is 15.6 Å². The Balaban J connectivity index is 3.04. The van der Waals surface area contributed by atoms with Gasteiger partial charge in [0, 0.05) is 5.88 Å². The van der Waals surface area contributed by atoms with Crippen LogP contribution in [-0.4, -0.2) is 19.8 Å². The van der Waals surface area contributed by atoms with Crippen molar-refractivity contribution in [3.05, 3.63) is 29.8 Å². The molecule has 0 aliphatic heterocycles. The van der Waals surface area contributed by atoms with Gasteiger partial charge < -0.3 is 4.18 Å². The molecule has 1 aromatic rings. The van der Waals surface area contributed by atoms with Crippen molar-refractivity contribution in [3.63, 3.8) is 0 Å². The Kier molecular flexibility index (Phi) is 4.26. The van der Waals surface area contributed by atoms with Crippen molar-refractivity contribution in [2.75, 3.05) is 5.88 Å². The summed E-state index contributed by atoms with van der Waals surface area (Å²) in [6.45, 7) is 0. The van der Waals surface area contributed by atoms with Gasteiger partial charge in [0.25, 0.3) is 0 Å². The number of benzene rings is 1. The smallest absolute Gasteiger partial charge is 0.376 e. The minimum absolute atomic E-state index is 0.145. The van der Waals surface area contributed by atoms with Crippen LogP contribution in [-0.2, 0) is 16.5 Å². The molecule has 3 nitrogen and oxygen atoms in total. The van der Waals surface area contributed by atoms with Crippen molar-refractivity contribution >= 4 is 21.7 Å². The lowest BCUT2D eigenvalue weighted by Gasteiger charge is -2.12. The fraction of sp³-hybridized carbons (Fsp3) is 0.333. The van der Waals surface area contributed by atoms with Gasteiger partial charge in [0.2, 0.25) is 0 Å². The zero-order valence-corrected chi connectivity index (χ0v) is 9.94. The van der Waals surface area contributed by atoms with Gasteiger partial charge in [-0.1, -0.05) is 18.2 Å². The Labute approximate surface area is 101 Å². The molecule has 0 spiro atoms. The van der Waals surface area contributed by atoms with Crippen LogP contribution in [0.4, 0.5) is 13.2 Å². The Bertz CT molecular complexity index is 485. The molecule has 0 aromatic heterocycles. The van der Waals surface area contributed by atoms with E-state index >= 15 is 0 Å². The molecule has 0 fully saturated rings. The standard InChI is InChI=1S/C9H8ClF3O3S/c10-6-5-7-3-1-2-4-8(7)16-17(14,15)9(11,12)13/h1-4H,5-6H2. The number of hydrogen-bond acceptors (Lipinski definition) is 3. The lowest BCUT2D eigenvalue weighted by molar-refractivity contribution is -0.0500. The van der Waals surface area contributed by atoms with Crippen LogP contribution in [0.5, 0.6) is 5.75 Å². The van der Waals surface area contributed by atoms with E-state index in [4.69, 9.17) is 11.6 Å². The second kappa shape index (κ2) is 5.14. The molecule has 17 heavy (non-hydrogen) atoms. The topological polar surface area (TPSA) is 43.4 Å². The zero-order valence-electron chi connectivity index (χ0n) is 8.37. The van der Waals surface area contributed by atoms with Crippen LogP contribution in [0, 0.1) is 0 Å². The summed E-state index contributed by atoms with van der Waals surface area (Å²) in [5.41, 5.74) is -5.14. The van der Waals surface area contributed by atoms with Crippen LogP contribution in [0.3, 0.4) is 0 Å². The summed E-state index contributed by atoms with van der Waals surface area (Å²) in [5.74, 6) is -0.211. The average molecular weight is 289 g/mol. The highest BCUT2D eigenvalue weighted by Crippen LogP contribution is 2.29. The second-order valence-corrected chi connectivity index (χ2v) is 4.95. The number of para-hydroxylation sites is 1. The maximum atomic E-state index is 12.1. The third kappa shape index (κ3) is 3.50. The largest absolute Gasteiger partial charge is 0.534 e. The summed E-state index contributed by atoms with van der Waals surface area (Å²) >= 11 is 5.44. The predicted molar refractivity (Wildman–Crippen MR) is 56.5 cm³/mol. The summed E-state index contributed by atoms with van der Waals surface area (Å²) in [5, 5.41) is 0. The molecule has 0 saturated heterocycles. The number of rotatable bonds is 4. The molecule has 0 N–H and O–H groups in total. The number of alkyl halides is 4. The molecule has 0 saturated carbocycles. The van der Waals surface area contributed by atoms with Gasteiger partial charge in [-0.15, -0.1) is 11.6 Å². The number of halogens is 4. The minimum Gasteiger partial charge on any atom is -0.376 e. The molecule has 1 aromatic carbocycles. The van der Waals surface area contributed by atoms with Gasteiger partial charge in [0.15, 0.2) is 0 Å². The first-order valence-corrected chi connectivity index (χ1v) is 6.37. The Morgan fingerprint density at radius 1 is 1.24 bits per heavy atom. The fourth-order valence-electron chi connectivity index (χ4n) is 1.06. The molecule has 1 rings (SSSR count). The van der Waals surface area contributed by atoms with E-state index in [1.165, 1.54) is 12.1 Å². The summed E-state index contributed by atoms with van der Waals surface area (Å²) in [6, 6.07) is 5.52. The summed E-state index contributed by atoms with van der Waals surface area (Å²) < 4.78 is 61.9. The molecule has 8 heteroatoms. The van der Waals surface area contributed by atoms with Crippen molar-refractivity contribution < 1.29 is 25.8 Å². The van der Waals surface area contributed by atoms with E-state index in [9.17, 15) is 21.6 Å². The van der Waals surface area contributed by atoms with Crippen LogP contribution in [0.1, 0.15) is 5.56 Å². The SMILES string of the molecule is O=S(=O)(Oc1ccccc1CCCl)C(F)(F)F. The van der Waals surface area contributed by atoms with Gasteiger partial charge in [-0.3, -0.25) is 0 Å². The monoisotopic (exact) mass is 288 g/mol. The van der Waals surface area contributed by atoms with Crippen molar-refractivity contribution in [2.45, 2.75) is 11.9 Å². The summed E-state index contributed by atoms with van der Waals surface area (Å²) in [4.78, 5) is 0. The maximum absolute atomic E-state index is 12.1. The van der Waals surface area contributed by atoms with Gasteiger partial charge in [-0.2, -0.15) is 21.6 Å². The normalized spacial score (nSPS) is 12.5. The van der Waals surface area contributed by atoms with Crippen molar-refractivity contribution in [1.29, 1.82) is 0 Å². The second-order valence-electron chi connectivity index (χ2n) is 3.03. The molecule has 0 unspecified atom stereocenters. The van der Waals surface area contributed by atoms with E-state index in [2.05, 4.69) is 4.18 Å². The highest BCUT2D eigenvalue weighted by atomic mass is 35.5. The van der Waals surface area contributed by atoms with Crippen LogP contribution >= 0.6 is 11.6 Å². The zero-order chi connectivity index (χ0) is 13.1. The fourth-order valence-corrected chi connectivity index (χ4v) is 1.76. The van der Waals surface area contributed by atoms with E-state index in [0.29, 0.717) is 5.56 Å². The molecule has 0 amide bonds. The van der Waals surface area contributed by atoms with E-state index in [1.54, 1.807) is 6.07 Å². The van der Waals surface area contributed by atoms with Crippen molar-refractivity contribution in [1.82, 2.24) is 0 Å². The predicted octanol–water partition coefficient (Wildman–Crippen LogP) is 2.70. The summed E-state index contributed by atoms with van der Waals surface area (Å²) in [7, 11) is -5.63. The van der Waals surface area contributed by atoms with Gasteiger partial charge in [0.1, 0.15) is 5.75 Å². The Hall–Kier alpha value is -0.950. The van der Waals surface area contributed by atoms with Crippen LogP contribution < -0.4 is 4.18 Å². The minimum atomic E-state index is -5.63. The maximum Gasteiger partial charge on any atom is 0.534 e. The lowest BCUT2D eigenvalue weighted by Crippen LogP contribution is -2.28. The molecular weight excluding hydrogens is 281 g/mol. The third-order valence-corrected chi connectivity index (χ3v) is 2.97. The van der Waals surface area contributed by atoms with Crippen LogP contribution in [0.2, 0.25) is 0 Å². The molecule has 0 radical (unpaired) electrons. The molecule has 0 aliphatic rings. The average Bonchev–Trinajstić information content (AvgIpc) is 2.19. The molecular formula is C9H8ClF3O3S. The first-order chi connectivity index (χ1) is 7.78. The van der Waals surface area contributed by atoms with E-state index in [0.717, 1.165) is 6.07 Å². The molecule has 96 valence electrons. The van der Waals surface area contributed by atoms with Gasteiger partial charge >= 0.3 is 15.6 Å². The Morgan fingerprint density at radius 3 is 2.35 bits per heavy atom. The first kappa shape index (κ1) is 14.1. The molecule has 0 aliphatic carbocycles. The first-order valence-electron chi connectivity index (χ1n) is 4.42. The highest BCUT2D eigenvalue weighted by Gasteiger charge is 2.48. The quantitative estimate of drug-likeness (QED) is 0.486. The lowest BCUT2D eigenvalue weighted by atomic mass is 10.1. The number of aryl methyl sites for hydroxylation is 1. The Morgan fingerprint density at radius 2 is 1.82 bits per heavy atom. The van der Waals surface area contributed by atoms with E-state index in [-0.39, 0.29) is 18.1 Å². The van der Waals surface area contributed by atoms with Crippen molar-refractivity contribution in [3.8, 4) is 5.75 Å². The highest BCUT2D eigenvalue weighted by molar-refractivity contribution is 7.88. The summed E-state index contributed by atoms with van der Waals surface area (Å²) in [6.07, 6.45) is 0.213. The number of hydrogen-bond donors (Lipinski definition) is 0.